The molecule has 0 saturated heterocycles. The van der Waals surface area contributed by atoms with Crippen LogP contribution in [0.3, 0.4) is 0 Å². The third-order valence-electron chi connectivity index (χ3n) is 1.05. The van der Waals surface area contributed by atoms with Gasteiger partial charge in [0.2, 0.25) is 5.43 Å². The fourth-order valence-electron chi connectivity index (χ4n) is 0.561. The zero-order valence-electron chi connectivity index (χ0n) is 4.93. The van der Waals surface area contributed by atoms with Crippen LogP contribution in [-0.2, 0) is 0 Å². The van der Waals surface area contributed by atoms with E-state index in [4.69, 9.17) is 0 Å². The van der Waals surface area contributed by atoms with E-state index in [1.807, 2.05) is 0 Å². The third-order valence-corrected chi connectivity index (χ3v) is 1.64. The maximum absolute atomic E-state index is 10.9. The summed E-state index contributed by atoms with van der Waals surface area (Å²) in [5.41, 5.74) is -0.150. The minimum absolute atomic E-state index is 0.134. The monoisotopic (exact) mass is 201 g/mol. The van der Waals surface area contributed by atoms with Crippen LogP contribution in [0.1, 0.15) is 10.4 Å². The van der Waals surface area contributed by atoms with Crippen LogP contribution in [0.4, 0.5) is 0 Å². The van der Waals surface area contributed by atoms with E-state index in [1.165, 1.54) is 12.4 Å². The van der Waals surface area contributed by atoms with Crippen LogP contribution in [-0.4, -0.2) is 11.3 Å². The van der Waals surface area contributed by atoms with Crippen molar-refractivity contribution in [1.82, 2.24) is 4.98 Å². The number of carbonyl (C=O) groups excluding carboxylic acids is 1. The molecule has 0 aliphatic heterocycles. The van der Waals surface area contributed by atoms with Crippen LogP contribution in [0.5, 0.6) is 0 Å². The lowest BCUT2D eigenvalue weighted by Crippen LogP contribution is -2.08. The summed E-state index contributed by atoms with van der Waals surface area (Å²) in [4.78, 5) is 23.7. The normalized spacial score (nSPS) is 9.30. The molecule has 0 spiro atoms. The predicted octanol–water partition coefficient (Wildman–Crippen LogP) is 0.950. The second-order valence-electron chi connectivity index (χ2n) is 1.71. The predicted molar refractivity (Wildman–Crippen MR) is 40.2 cm³/mol. The number of aldehydes is 1. The van der Waals surface area contributed by atoms with Crippen molar-refractivity contribution in [3.8, 4) is 0 Å². The maximum atomic E-state index is 10.9. The van der Waals surface area contributed by atoms with Gasteiger partial charge in [0.05, 0.1) is 10.0 Å². The molecule has 0 saturated carbocycles. The number of hydrogen-bond acceptors (Lipinski definition) is 2. The van der Waals surface area contributed by atoms with Gasteiger partial charge in [0.15, 0.2) is 6.29 Å². The Morgan fingerprint density at radius 2 is 2.20 bits per heavy atom. The van der Waals surface area contributed by atoms with Crippen LogP contribution in [0.15, 0.2) is 21.7 Å². The van der Waals surface area contributed by atoms with Gasteiger partial charge in [-0.25, -0.2) is 0 Å². The number of aromatic amines is 1. The van der Waals surface area contributed by atoms with E-state index in [-0.39, 0.29) is 11.0 Å². The molecule has 0 amide bonds. The van der Waals surface area contributed by atoms with E-state index < -0.39 is 0 Å². The molecular formula is C6H4BrNO2. The Labute approximate surface area is 65.2 Å². The molecule has 0 unspecified atom stereocenters. The molecule has 0 aliphatic carbocycles. The number of hydrogen-bond donors (Lipinski definition) is 1. The SMILES string of the molecule is O=Cc1c[nH]cc(Br)c1=O. The van der Waals surface area contributed by atoms with Gasteiger partial charge in [0, 0.05) is 12.4 Å². The van der Waals surface area contributed by atoms with E-state index in [0.717, 1.165) is 0 Å². The van der Waals surface area contributed by atoms with Gasteiger partial charge in [0.1, 0.15) is 0 Å². The molecule has 0 fully saturated rings. The Bertz CT molecular complexity index is 305. The molecule has 1 rings (SSSR count). The fraction of sp³-hybridized carbons (Fsp3) is 0. The number of halogens is 1. The molecular weight excluding hydrogens is 198 g/mol. The highest BCUT2D eigenvalue weighted by Gasteiger charge is 1.98. The first-order valence-electron chi connectivity index (χ1n) is 2.57. The highest BCUT2D eigenvalue weighted by atomic mass is 79.9. The van der Waals surface area contributed by atoms with Crippen molar-refractivity contribution in [2.75, 3.05) is 0 Å². The first-order chi connectivity index (χ1) is 4.75. The minimum Gasteiger partial charge on any atom is -0.366 e. The summed E-state index contributed by atoms with van der Waals surface area (Å²) >= 11 is 2.98. The van der Waals surface area contributed by atoms with Crippen LogP contribution in [0, 0.1) is 0 Å². The van der Waals surface area contributed by atoms with E-state index in [9.17, 15) is 9.59 Å². The van der Waals surface area contributed by atoms with Gasteiger partial charge in [0.25, 0.3) is 0 Å². The number of carbonyl (C=O) groups is 1. The zero-order valence-corrected chi connectivity index (χ0v) is 6.51. The van der Waals surface area contributed by atoms with Gasteiger partial charge in [-0.3, -0.25) is 9.59 Å². The molecule has 3 nitrogen and oxygen atoms in total. The molecule has 52 valence electrons. The van der Waals surface area contributed by atoms with Crippen LogP contribution in [0.25, 0.3) is 0 Å². The summed E-state index contributed by atoms with van der Waals surface area (Å²) in [6, 6.07) is 0. The summed E-state index contributed by atoms with van der Waals surface area (Å²) in [6.07, 6.45) is 3.36. The first kappa shape index (κ1) is 7.21. The maximum Gasteiger partial charge on any atom is 0.206 e. The molecule has 1 N–H and O–H groups in total. The molecule has 10 heavy (non-hydrogen) atoms. The average molecular weight is 202 g/mol. The quantitative estimate of drug-likeness (QED) is 0.689. The molecule has 1 heterocycles. The zero-order chi connectivity index (χ0) is 7.56. The number of nitrogens with one attached hydrogen (secondary N) is 1. The molecule has 0 atom stereocenters. The molecule has 4 heteroatoms. The second kappa shape index (κ2) is 2.79. The largest absolute Gasteiger partial charge is 0.366 e. The molecule has 0 aliphatic rings. The standard InChI is InChI=1S/C6H4BrNO2/c7-5-2-8-1-4(3-9)6(5)10/h1-3H,(H,8,10). The van der Waals surface area contributed by atoms with Crippen molar-refractivity contribution >= 4 is 22.2 Å². The van der Waals surface area contributed by atoms with E-state index in [2.05, 4.69) is 20.9 Å². The van der Waals surface area contributed by atoms with E-state index in [0.29, 0.717) is 10.8 Å². The summed E-state index contributed by atoms with van der Waals surface area (Å²) in [5, 5.41) is 0. The highest BCUT2D eigenvalue weighted by Crippen LogP contribution is 1.99. The average Bonchev–Trinajstić information content (AvgIpc) is 1.95. The highest BCUT2D eigenvalue weighted by molar-refractivity contribution is 9.10. The van der Waals surface area contributed by atoms with Gasteiger partial charge >= 0.3 is 0 Å². The Kier molecular flexibility index (Phi) is 2.01. The number of rotatable bonds is 1. The van der Waals surface area contributed by atoms with Crippen molar-refractivity contribution in [1.29, 1.82) is 0 Å². The topological polar surface area (TPSA) is 49.9 Å². The summed E-state index contributed by atoms with van der Waals surface area (Å²) in [5.74, 6) is 0. The Hall–Kier alpha value is -0.900. The van der Waals surface area contributed by atoms with Gasteiger partial charge in [-0.15, -0.1) is 0 Å². The van der Waals surface area contributed by atoms with Gasteiger partial charge in [-0.1, -0.05) is 0 Å². The smallest absolute Gasteiger partial charge is 0.206 e. The Balaban J connectivity index is 3.42. The summed E-state index contributed by atoms with van der Waals surface area (Å²) in [7, 11) is 0. The van der Waals surface area contributed by atoms with Gasteiger partial charge < -0.3 is 4.98 Å². The molecule has 1 aromatic rings. The second-order valence-corrected chi connectivity index (χ2v) is 2.56. The Morgan fingerprint density at radius 3 is 2.70 bits per heavy atom. The van der Waals surface area contributed by atoms with Crippen molar-refractivity contribution in [3.63, 3.8) is 0 Å². The number of pyridine rings is 1. The fourth-order valence-corrected chi connectivity index (χ4v) is 0.922. The molecule has 0 bridgehead atoms. The lowest BCUT2D eigenvalue weighted by Gasteiger charge is -1.88. The lowest BCUT2D eigenvalue weighted by atomic mass is 10.3. The summed E-state index contributed by atoms with van der Waals surface area (Å²) < 4.78 is 0.372. The van der Waals surface area contributed by atoms with Gasteiger partial charge in [-0.05, 0) is 15.9 Å². The number of H-pyrrole nitrogens is 1. The Morgan fingerprint density at radius 1 is 1.50 bits per heavy atom. The first-order valence-corrected chi connectivity index (χ1v) is 3.37. The van der Waals surface area contributed by atoms with Crippen LogP contribution in [0.2, 0.25) is 0 Å². The van der Waals surface area contributed by atoms with Crippen molar-refractivity contribution < 1.29 is 4.79 Å². The van der Waals surface area contributed by atoms with E-state index >= 15 is 0 Å². The molecule has 1 aromatic heterocycles. The van der Waals surface area contributed by atoms with Crippen molar-refractivity contribution in [2.45, 2.75) is 0 Å². The van der Waals surface area contributed by atoms with Crippen molar-refractivity contribution in [3.05, 3.63) is 32.7 Å². The lowest BCUT2D eigenvalue weighted by molar-refractivity contribution is 0.112. The minimum atomic E-state index is -0.284. The van der Waals surface area contributed by atoms with Crippen molar-refractivity contribution in [2.24, 2.45) is 0 Å². The summed E-state index contributed by atoms with van der Waals surface area (Å²) in [6.45, 7) is 0. The number of aromatic nitrogens is 1. The molecule has 0 aromatic carbocycles. The van der Waals surface area contributed by atoms with Gasteiger partial charge in [-0.2, -0.15) is 0 Å². The molecule has 0 radical (unpaired) electrons. The van der Waals surface area contributed by atoms with E-state index in [1.54, 1.807) is 0 Å². The van der Waals surface area contributed by atoms with Crippen LogP contribution >= 0.6 is 15.9 Å². The third kappa shape index (κ3) is 1.16. The van der Waals surface area contributed by atoms with Crippen LogP contribution < -0.4 is 5.43 Å².